The van der Waals surface area contributed by atoms with Crippen LogP contribution in [0.5, 0.6) is 11.5 Å². The summed E-state index contributed by atoms with van der Waals surface area (Å²) in [5.41, 5.74) is 20.3. The quantitative estimate of drug-likeness (QED) is 0.128. The van der Waals surface area contributed by atoms with Gasteiger partial charge in [-0.1, -0.05) is 246 Å². The van der Waals surface area contributed by atoms with Crippen LogP contribution >= 0.6 is 0 Å². The molecule has 400 valence electrons. The van der Waals surface area contributed by atoms with Crippen LogP contribution in [0.2, 0.25) is 0 Å². The van der Waals surface area contributed by atoms with Crippen LogP contribution < -0.4 is 14.5 Å². The van der Waals surface area contributed by atoms with Crippen LogP contribution in [-0.2, 0) is 31.9 Å². The number of nitrogens with zero attached hydrogens (tertiary/aromatic N) is 4. The van der Waals surface area contributed by atoms with Crippen LogP contribution in [-0.4, -0.2) is 9.55 Å². The van der Waals surface area contributed by atoms with E-state index in [4.69, 9.17) is 9.72 Å². The van der Waals surface area contributed by atoms with E-state index in [0.717, 1.165) is 117 Å². The Morgan fingerprint density at radius 3 is 1.57 bits per heavy atom. The second-order valence-electron chi connectivity index (χ2n) is 23.0. The summed E-state index contributed by atoms with van der Waals surface area (Å²) >= 11 is 0. The van der Waals surface area contributed by atoms with E-state index in [1.165, 1.54) is 5.56 Å². The molecule has 0 amide bonds. The average molecular weight is 1230 g/mol. The largest absolute Gasteiger partial charge is 0.509 e. The molecule has 0 radical (unpaired) electrons. The van der Waals surface area contributed by atoms with Gasteiger partial charge in [0.25, 0.3) is 0 Å². The van der Waals surface area contributed by atoms with E-state index < -0.39 is 0 Å². The summed E-state index contributed by atoms with van der Waals surface area (Å²) in [5.74, 6) is 1.98. The number of rotatable bonds is 10. The minimum Gasteiger partial charge on any atom is -0.509 e. The Bertz CT molecular complexity index is 4250. The van der Waals surface area contributed by atoms with Gasteiger partial charge in [-0.15, -0.1) is 47.6 Å². The third kappa shape index (κ3) is 10.1. The van der Waals surface area contributed by atoms with Crippen molar-refractivity contribution >= 4 is 44.6 Å². The first-order chi connectivity index (χ1) is 38.8. The number of hydrogen-bond donors (Lipinski definition) is 0. The smallest absolute Gasteiger partial charge is 0.135 e. The number of fused-ring (bicyclic) bond motifs is 4. The van der Waals surface area contributed by atoms with Crippen LogP contribution in [0.15, 0.2) is 237 Å². The van der Waals surface area contributed by atoms with E-state index in [2.05, 4.69) is 306 Å². The van der Waals surface area contributed by atoms with Crippen LogP contribution in [0.25, 0.3) is 83.3 Å². The normalized spacial score (nSPS) is 12.4. The minimum absolute atomic E-state index is 0. The zero-order valence-corrected chi connectivity index (χ0v) is 48.9. The van der Waals surface area contributed by atoms with Crippen molar-refractivity contribution in [3.05, 3.63) is 272 Å². The summed E-state index contributed by atoms with van der Waals surface area (Å²) in [6.07, 6.45) is 2.00. The van der Waals surface area contributed by atoms with E-state index in [-0.39, 0.29) is 31.9 Å². The van der Waals surface area contributed by atoms with Crippen molar-refractivity contribution in [3.63, 3.8) is 0 Å². The summed E-state index contributed by atoms with van der Waals surface area (Å²) < 4.78 is 9.62. The maximum atomic E-state index is 7.38. The summed E-state index contributed by atoms with van der Waals surface area (Å²) in [7, 11) is 0. The third-order valence-electron chi connectivity index (χ3n) is 15.6. The fourth-order valence-corrected chi connectivity index (χ4v) is 11.3. The van der Waals surface area contributed by atoms with E-state index in [1.807, 2.05) is 12.3 Å². The molecule has 2 aromatic heterocycles. The molecule has 81 heavy (non-hydrogen) atoms. The zero-order chi connectivity index (χ0) is 54.7. The monoisotopic (exact) mass is 1230 g/mol. The molecule has 1 aliphatic heterocycles. The number of hydrogen-bond acceptors (Lipinski definition) is 4. The number of aryl methyl sites for hydroxylation is 1. The van der Waals surface area contributed by atoms with Crippen LogP contribution in [0.4, 0.5) is 22.7 Å². The SMILES string of the molecule is Cc1cc(-n2c3[c-]c(Oc4[c-]c(N5[CH-]N(c6c(-c7ccccc7)cccc6-c6ccc(C(C)(C)C)cc6)c6ccccc65)cc(C(C)(C)C)c4)c(-c4ccccc4)cc3c3cc(-c4ccccc4)ccc32)ncc1-c1ccccc1.[Pt]. The molecule has 0 aliphatic carbocycles. The summed E-state index contributed by atoms with van der Waals surface area (Å²) in [5, 5.41) is 2.15. The van der Waals surface area contributed by atoms with Gasteiger partial charge in [-0.3, -0.25) is 0 Å². The molecule has 0 bridgehead atoms. The Hall–Kier alpha value is -8.76. The second-order valence-corrected chi connectivity index (χ2v) is 23.0. The molecule has 0 atom stereocenters. The van der Waals surface area contributed by atoms with Crippen molar-refractivity contribution < 1.29 is 25.8 Å². The first kappa shape index (κ1) is 52.9. The molecule has 0 spiro atoms. The topological polar surface area (TPSA) is 33.5 Å². The molecule has 0 saturated carbocycles. The summed E-state index contributed by atoms with van der Waals surface area (Å²) in [6.45, 7) is 18.0. The Labute approximate surface area is 491 Å². The molecule has 6 heteroatoms. The molecule has 12 aromatic rings. The number of para-hydroxylation sites is 3. The summed E-state index contributed by atoms with van der Waals surface area (Å²) in [4.78, 5) is 9.85. The van der Waals surface area contributed by atoms with Crippen molar-refractivity contribution in [2.24, 2.45) is 0 Å². The number of ether oxygens (including phenoxy) is 1. The van der Waals surface area contributed by atoms with Gasteiger partial charge in [0, 0.05) is 78.0 Å². The number of pyridine rings is 1. The Balaban J connectivity index is 0.00000651. The fraction of sp³-hybridized carbons (Fsp3) is 0.120. The molecule has 0 unspecified atom stereocenters. The van der Waals surface area contributed by atoms with Crippen LogP contribution in [0, 0.1) is 25.7 Å². The van der Waals surface area contributed by atoms with E-state index in [0.29, 0.717) is 11.5 Å². The molecular formula is C75H61N4OPt-3. The van der Waals surface area contributed by atoms with Gasteiger partial charge in [0.05, 0.1) is 0 Å². The van der Waals surface area contributed by atoms with Gasteiger partial charge >= 0.3 is 0 Å². The third-order valence-corrected chi connectivity index (χ3v) is 15.6. The van der Waals surface area contributed by atoms with Crippen LogP contribution in [0.3, 0.4) is 0 Å². The van der Waals surface area contributed by atoms with Gasteiger partial charge in [0.2, 0.25) is 0 Å². The predicted octanol–water partition coefficient (Wildman–Crippen LogP) is 20.2. The Kier molecular flexibility index (Phi) is 14.0. The van der Waals surface area contributed by atoms with E-state index in [1.54, 1.807) is 0 Å². The number of benzene rings is 10. The van der Waals surface area contributed by atoms with Crippen molar-refractivity contribution in [3.8, 4) is 73.0 Å². The molecule has 3 heterocycles. The maximum Gasteiger partial charge on any atom is 0.135 e. The summed E-state index contributed by atoms with van der Waals surface area (Å²) in [6, 6.07) is 90.1. The van der Waals surface area contributed by atoms with Gasteiger partial charge in [0.15, 0.2) is 0 Å². The molecule has 10 aromatic carbocycles. The van der Waals surface area contributed by atoms with Crippen molar-refractivity contribution in [1.29, 1.82) is 0 Å². The maximum absolute atomic E-state index is 7.38. The first-order valence-electron chi connectivity index (χ1n) is 27.6. The molecule has 0 saturated heterocycles. The van der Waals surface area contributed by atoms with Gasteiger partial charge in [-0.25, -0.2) is 4.98 Å². The van der Waals surface area contributed by atoms with Crippen molar-refractivity contribution in [2.75, 3.05) is 9.80 Å². The fourth-order valence-electron chi connectivity index (χ4n) is 11.3. The van der Waals surface area contributed by atoms with Gasteiger partial charge < -0.3 is 19.1 Å². The van der Waals surface area contributed by atoms with E-state index in [9.17, 15) is 0 Å². The Morgan fingerprint density at radius 2 is 0.975 bits per heavy atom. The average Bonchev–Trinajstić information content (AvgIpc) is 4.12. The van der Waals surface area contributed by atoms with E-state index >= 15 is 0 Å². The van der Waals surface area contributed by atoms with Crippen molar-refractivity contribution in [2.45, 2.75) is 59.3 Å². The van der Waals surface area contributed by atoms with Crippen LogP contribution in [0.1, 0.15) is 58.2 Å². The first-order valence-corrected chi connectivity index (χ1v) is 27.6. The molecule has 13 rings (SSSR count). The zero-order valence-electron chi connectivity index (χ0n) is 46.6. The number of anilines is 4. The number of aromatic nitrogens is 2. The van der Waals surface area contributed by atoms with Crippen molar-refractivity contribution in [1.82, 2.24) is 9.55 Å². The standard InChI is InChI=1S/C75H61N4O.Pt/c1-50-41-72(76-48-66(50)54-29-18-11-19-30-54)79-67-40-37-56(51-23-12-8-13-24-51)42-64(67)65-46-63(53-27-16-10-17-28-53)71(47-70(65)79)80-60-44-58(75(5,6)7)43-59(45-60)77-49-78(69-34-21-20-33-68(69)77)73-61(52-25-14-9-15-26-52)31-22-32-62(73)55-35-38-57(39-36-55)74(2,3)4;/h8-44,46,48-49H,1-7H3;/q-3;. The molecule has 0 N–H and O–H groups in total. The van der Waals surface area contributed by atoms with Gasteiger partial charge in [0.1, 0.15) is 5.82 Å². The molecule has 5 nitrogen and oxygen atoms in total. The van der Waals surface area contributed by atoms with Gasteiger partial charge in [-0.05, 0) is 86.3 Å². The molecule has 1 aliphatic rings. The molecular weight excluding hydrogens is 1170 g/mol. The minimum atomic E-state index is -0.249. The Morgan fingerprint density at radius 1 is 0.444 bits per heavy atom. The predicted molar refractivity (Wildman–Crippen MR) is 334 cm³/mol. The molecule has 0 fully saturated rings. The van der Waals surface area contributed by atoms with Gasteiger partial charge in [-0.2, -0.15) is 6.07 Å². The second kappa shape index (κ2) is 21.4.